The molecule has 2 N–H and O–H groups in total. The number of rotatable bonds is 8. The fourth-order valence-electron chi connectivity index (χ4n) is 1.02. The highest BCUT2D eigenvalue weighted by atomic mass is 19.3. The van der Waals surface area contributed by atoms with Crippen LogP contribution in [-0.4, -0.2) is 44.2 Å². The fourth-order valence-corrected chi connectivity index (χ4v) is 1.02. The van der Waals surface area contributed by atoms with Gasteiger partial charge in [-0.2, -0.15) is 0 Å². The summed E-state index contributed by atoms with van der Waals surface area (Å²) in [5, 5.41) is 5.62. The Hall–Kier alpha value is -0.750. The van der Waals surface area contributed by atoms with E-state index in [1.165, 1.54) is 0 Å². The monoisotopic (exact) mass is 238 g/mol. The van der Waals surface area contributed by atoms with Crippen molar-refractivity contribution in [3.8, 4) is 0 Å². The molecule has 0 saturated carbocycles. The lowest BCUT2D eigenvalue weighted by Crippen LogP contribution is -2.45. The SMILES string of the molecule is CC(C)NC(=O)C(C)NCCOCC(F)F. The van der Waals surface area contributed by atoms with Crippen molar-refractivity contribution in [2.45, 2.75) is 39.3 Å². The molecule has 0 heterocycles. The number of amides is 1. The van der Waals surface area contributed by atoms with Crippen LogP contribution in [0.4, 0.5) is 8.78 Å². The zero-order valence-electron chi connectivity index (χ0n) is 9.93. The van der Waals surface area contributed by atoms with E-state index in [9.17, 15) is 13.6 Å². The van der Waals surface area contributed by atoms with Crippen molar-refractivity contribution in [2.75, 3.05) is 19.8 Å². The van der Waals surface area contributed by atoms with Crippen LogP contribution >= 0.6 is 0 Å². The van der Waals surface area contributed by atoms with Gasteiger partial charge in [0.15, 0.2) is 0 Å². The summed E-state index contributed by atoms with van der Waals surface area (Å²) in [6.45, 7) is 5.44. The van der Waals surface area contributed by atoms with E-state index in [-0.39, 0.29) is 24.6 Å². The molecule has 1 amide bonds. The first kappa shape index (κ1) is 15.2. The minimum absolute atomic E-state index is 0.0897. The van der Waals surface area contributed by atoms with Crippen LogP contribution in [0.25, 0.3) is 0 Å². The molecule has 16 heavy (non-hydrogen) atoms. The Bertz CT molecular complexity index is 201. The average molecular weight is 238 g/mol. The van der Waals surface area contributed by atoms with Crippen LogP contribution in [0.2, 0.25) is 0 Å². The van der Waals surface area contributed by atoms with Gasteiger partial charge in [0.1, 0.15) is 6.61 Å². The second kappa shape index (κ2) is 8.41. The molecule has 0 aromatic rings. The van der Waals surface area contributed by atoms with Gasteiger partial charge in [0.2, 0.25) is 5.91 Å². The number of ether oxygens (including phenoxy) is 1. The molecular formula is C10H20F2N2O2. The van der Waals surface area contributed by atoms with Crippen molar-refractivity contribution in [2.24, 2.45) is 0 Å². The molecule has 0 saturated heterocycles. The van der Waals surface area contributed by atoms with Crippen LogP contribution in [0, 0.1) is 0 Å². The third-order valence-corrected chi connectivity index (χ3v) is 1.76. The maximum Gasteiger partial charge on any atom is 0.261 e. The van der Waals surface area contributed by atoms with Gasteiger partial charge in [0.05, 0.1) is 12.6 Å². The summed E-state index contributed by atoms with van der Waals surface area (Å²) in [6, 6.07) is -0.260. The van der Waals surface area contributed by atoms with Crippen molar-refractivity contribution in [1.29, 1.82) is 0 Å². The second-order valence-corrected chi connectivity index (χ2v) is 3.81. The maximum absolute atomic E-state index is 11.7. The highest BCUT2D eigenvalue weighted by Crippen LogP contribution is 1.91. The summed E-state index contributed by atoms with van der Waals surface area (Å²) in [5.74, 6) is -0.108. The van der Waals surface area contributed by atoms with Crippen LogP contribution in [0.5, 0.6) is 0 Å². The quantitative estimate of drug-likeness (QED) is 0.614. The normalized spacial score (nSPS) is 13.2. The third kappa shape index (κ3) is 8.55. The maximum atomic E-state index is 11.7. The Labute approximate surface area is 94.7 Å². The molecule has 0 aliphatic carbocycles. The first-order valence-electron chi connectivity index (χ1n) is 5.33. The summed E-state index contributed by atoms with van der Waals surface area (Å²) >= 11 is 0. The van der Waals surface area contributed by atoms with E-state index >= 15 is 0 Å². The van der Waals surface area contributed by atoms with E-state index < -0.39 is 13.0 Å². The molecule has 0 radical (unpaired) electrons. The van der Waals surface area contributed by atoms with Crippen molar-refractivity contribution < 1.29 is 18.3 Å². The van der Waals surface area contributed by atoms with Gasteiger partial charge in [-0.1, -0.05) is 0 Å². The first-order valence-corrected chi connectivity index (χ1v) is 5.33. The van der Waals surface area contributed by atoms with E-state index in [1.54, 1.807) is 6.92 Å². The zero-order chi connectivity index (χ0) is 12.6. The molecule has 0 spiro atoms. The summed E-state index contributed by atoms with van der Waals surface area (Å²) in [6.07, 6.45) is -2.44. The number of carbonyl (C=O) groups excluding carboxylic acids is 1. The Morgan fingerprint density at radius 2 is 1.94 bits per heavy atom. The van der Waals surface area contributed by atoms with Gasteiger partial charge in [-0.15, -0.1) is 0 Å². The Balaban J connectivity index is 3.49. The van der Waals surface area contributed by atoms with E-state index in [4.69, 9.17) is 0 Å². The molecule has 0 aliphatic heterocycles. The number of hydrogen-bond acceptors (Lipinski definition) is 3. The number of nitrogens with one attached hydrogen (secondary N) is 2. The minimum atomic E-state index is -2.44. The molecule has 0 aromatic heterocycles. The molecule has 0 aliphatic rings. The topological polar surface area (TPSA) is 50.4 Å². The largest absolute Gasteiger partial charge is 0.374 e. The number of halogens is 2. The lowest BCUT2D eigenvalue weighted by molar-refractivity contribution is -0.123. The van der Waals surface area contributed by atoms with Gasteiger partial charge >= 0.3 is 0 Å². The lowest BCUT2D eigenvalue weighted by atomic mass is 10.3. The predicted molar refractivity (Wildman–Crippen MR) is 57.6 cm³/mol. The highest BCUT2D eigenvalue weighted by Gasteiger charge is 2.12. The molecule has 0 bridgehead atoms. The summed E-state index contributed by atoms with van der Waals surface area (Å²) in [4.78, 5) is 11.4. The predicted octanol–water partition coefficient (Wildman–Crippen LogP) is 0.771. The standard InChI is InChI=1S/C10H20F2N2O2/c1-7(2)14-10(15)8(3)13-4-5-16-6-9(11)12/h7-9,13H,4-6H2,1-3H3,(H,14,15). The van der Waals surface area contributed by atoms with Crippen molar-refractivity contribution >= 4 is 5.91 Å². The molecule has 0 aromatic carbocycles. The number of carbonyl (C=O) groups is 1. The Kier molecular flexibility index (Phi) is 8.01. The van der Waals surface area contributed by atoms with Crippen molar-refractivity contribution in [3.63, 3.8) is 0 Å². The smallest absolute Gasteiger partial charge is 0.261 e. The summed E-state index contributed by atoms with van der Waals surface area (Å²) in [7, 11) is 0. The molecular weight excluding hydrogens is 218 g/mol. The van der Waals surface area contributed by atoms with E-state index in [1.807, 2.05) is 13.8 Å². The van der Waals surface area contributed by atoms with Crippen LogP contribution in [0.15, 0.2) is 0 Å². The van der Waals surface area contributed by atoms with Crippen molar-refractivity contribution in [3.05, 3.63) is 0 Å². The van der Waals surface area contributed by atoms with Gasteiger partial charge in [-0.25, -0.2) is 8.78 Å². The Morgan fingerprint density at radius 1 is 1.31 bits per heavy atom. The van der Waals surface area contributed by atoms with Gasteiger partial charge < -0.3 is 15.4 Å². The first-order chi connectivity index (χ1) is 7.43. The Morgan fingerprint density at radius 3 is 2.44 bits per heavy atom. The van der Waals surface area contributed by atoms with Crippen LogP contribution in [0.3, 0.4) is 0 Å². The van der Waals surface area contributed by atoms with Crippen molar-refractivity contribution in [1.82, 2.24) is 10.6 Å². The van der Waals surface area contributed by atoms with E-state index in [0.717, 1.165) is 0 Å². The number of hydrogen-bond donors (Lipinski definition) is 2. The average Bonchev–Trinajstić information content (AvgIpc) is 2.15. The molecule has 1 atom stereocenters. The summed E-state index contributed by atoms with van der Waals surface area (Å²) in [5.41, 5.74) is 0. The molecule has 0 rings (SSSR count). The van der Waals surface area contributed by atoms with Crippen LogP contribution in [0.1, 0.15) is 20.8 Å². The highest BCUT2D eigenvalue weighted by molar-refractivity contribution is 5.81. The van der Waals surface area contributed by atoms with Gasteiger partial charge in [0, 0.05) is 12.6 Å². The lowest BCUT2D eigenvalue weighted by Gasteiger charge is -2.15. The van der Waals surface area contributed by atoms with Crippen LogP contribution < -0.4 is 10.6 Å². The zero-order valence-corrected chi connectivity index (χ0v) is 9.93. The van der Waals surface area contributed by atoms with Crippen LogP contribution in [-0.2, 0) is 9.53 Å². The van der Waals surface area contributed by atoms with Gasteiger partial charge in [0.25, 0.3) is 6.43 Å². The van der Waals surface area contributed by atoms with Gasteiger partial charge in [-0.05, 0) is 20.8 Å². The minimum Gasteiger partial charge on any atom is -0.374 e. The molecule has 0 fully saturated rings. The molecule has 1 unspecified atom stereocenters. The molecule has 6 heteroatoms. The summed E-state index contributed by atoms with van der Waals surface area (Å²) < 4.78 is 28.0. The second-order valence-electron chi connectivity index (χ2n) is 3.81. The number of alkyl halides is 2. The van der Waals surface area contributed by atoms with Gasteiger partial charge in [-0.3, -0.25) is 4.79 Å². The molecule has 96 valence electrons. The molecule has 4 nitrogen and oxygen atoms in total. The van der Waals surface area contributed by atoms with E-state index in [0.29, 0.717) is 6.54 Å². The fraction of sp³-hybridized carbons (Fsp3) is 0.900. The van der Waals surface area contributed by atoms with E-state index in [2.05, 4.69) is 15.4 Å². The third-order valence-electron chi connectivity index (χ3n) is 1.76.